The van der Waals surface area contributed by atoms with Crippen LogP contribution >= 0.6 is 0 Å². The van der Waals surface area contributed by atoms with E-state index in [2.05, 4.69) is 10.1 Å². The number of rotatable bonds is 7. The van der Waals surface area contributed by atoms with Crippen molar-refractivity contribution in [3.63, 3.8) is 0 Å². The minimum absolute atomic E-state index is 0.110. The molecule has 0 saturated heterocycles. The highest BCUT2D eigenvalue weighted by Gasteiger charge is 2.34. The molecule has 1 atom stereocenters. The Kier molecular flexibility index (Phi) is 7.07. The molecular formula is C12H20F3NO5S. The van der Waals surface area contributed by atoms with Gasteiger partial charge in [0.1, 0.15) is 18.3 Å². The predicted octanol–water partition coefficient (Wildman–Crippen LogP) is 1.66. The predicted molar refractivity (Wildman–Crippen MR) is 71.8 cm³/mol. The van der Waals surface area contributed by atoms with Crippen molar-refractivity contribution in [3.8, 4) is 0 Å². The minimum Gasteiger partial charge on any atom is -0.460 e. The molecule has 6 nitrogen and oxygen atoms in total. The molecule has 0 radical (unpaired) electrons. The summed E-state index contributed by atoms with van der Waals surface area (Å²) >= 11 is 0. The normalized spacial score (nSPS) is 18.9. The lowest BCUT2D eigenvalue weighted by molar-refractivity contribution is -0.174. The first kappa shape index (κ1) is 19.2. The van der Waals surface area contributed by atoms with E-state index in [1.807, 2.05) is 0 Å². The van der Waals surface area contributed by atoms with Crippen LogP contribution in [-0.4, -0.2) is 49.6 Å². The molecule has 0 bridgehead atoms. The molecule has 0 amide bonds. The second-order valence-electron chi connectivity index (χ2n) is 5.40. The van der Waals surface area contributed by atoms with E-state index in [1.54, 1.807) is 0 Å². The quantitative estimate of drug-likeness (QED) is 0.537. The molecule has 1 aliphatic rings. The van der Waals surface area contributed by atoms with Gasteiger partial charge in [-0.3, -0.25) is 9.35 Å². The molecule has 0 aromatic carbocycles. The molecule has 1 saturated carbocycles. The average Bonchev–Trinajstić information content (AvgIpc) is 2.33. The first-order valence-electron chi connectivity index (χ1n) is 7.00. The van der Waals surface area contributed by atoms with E-state index in [4.69, 9.17) is 4.55 Å². The largest absolute Gasteiger partial charge is 0.460 e. The van der Waals surface area contributed by atoms with Crippen LogP contribution in [0.15, 0.2) is 0 Å². The lowest BCUT2D eigenvalue weighted by Gasteiger charge is -2.25. The van der Waals surface area contributed by atoms with E-state index >= 15 is 0 Å². The lowest BCUT2D eigenvalue weighted by Crippen LogP contribution is -2.41. The lowest BCUT2D eigenvalue weighted by atomic mass is 9.95. The second kappa shape index (κ2) is 8.11. The SMILES string of the molecule is O=C(CC(F)(F)F)OC(CNC1CCCCC1)CS(=O)(=O)O. The van der Waals surface area contributed by atoms with Gasteiger partial charge in [-0.15, -0.1) is 0 Å². The van der Waals surface area contributed by atoms with E-state index in [0.717, 1.165) is 32.1 Å². The van der Waals surface area contributed by atoms with Crippen LogP contribution in [0.4, 0.5) is 13.2 Å². The summed E-state index contributed by atoms with van der Waals surface area (Å²) in [5.41, 5.74) is 0. The van der Waals surface area contributed by atoms with Gasteiger partial charge in [0.25, 0.3) is 10.1 Å². The Hall–Kier alpha value is -0.870. The van der Waals surface area contributed by atoms with Gasteiger partial charge in [-0.2, -0.15) is 21.6 Å². The van der Waals surface area contributed by atoms with Crippen LogP contribution < -0.4 is 5.32 Å². The van der Waals surface area contributed by atoms with Gasteiger partial charge in [0.15, 0.2) is 0 Å². The van der Waals surface area contributed by atoms with Gasteiger partial charge in [-0.1, -0.05) is 19.3 Å². The molecule has 0 aromatic heterocycles. The maximum Gasteiger partial charge on any atom is 0.399 e. The Morgan fingerprint density at radius 1 is 1.27 bits per heavy atom. The van der Waals surface area contributed by atoms with Crippen molar-refractivity contribution >= 4 is 16.1 Å². The van der Waals surface area contributed by atoms with Gasteiger partial charge >= 0.3 is 12.1 Å². The van der Waals surface area contributed by atoms with Crippen LogP contribution in [0.3, 0.4) is 0 Å². The summed E-state index contributed by atoms with van der Waals surface area (Å²) in [7, 11) is -4.46. The van der Waals surface area contributed by atoms with E-state index in [-0.39, 0.29) is 12.6 Å². The molecule has 130 valence electrons. The third kappa shape index (κ3) is 9.21. The zero-order valence-electron chi connectivity index (χ0n) is 11.9. The number of ether oxygens (including phenoxy) is 1. The monoisotopic (exact) mass is 347 g/mol. The van der Waals surface area contributed by atoms with E-state index in [1.165, 1.54) is 0 Å². The summed E-state index contributed by atoms with van der Waals surface area (Å²) in [6.07, 6.45) is -3.01. The smallest absolute Gasteiger partial charge is 0.399 e. The molecule has 0 aromatic rings. The van der Waals surface area contributed by atoms with Crippen molar-refractivity contribution in [3.05, 3.63) is 0 Å². The van der Waals surface area contributed by atoms with Crippen LogP contribution in [0.2, 0.25) is 0 Å². The molecule has 10 heteroatoms. The summed E-state index contributed by atoms with van der Waals surface area (Å²) in [5.74, 6) is -2.50. The molecule has 0 aliphatic heterocycles. The van der Waals surface area contributed by atoms with E-state index in [9.17, 15) is 26.4 Å². The highest BCUT2D eigenvalue weighted by atomic mass is 32.2. The van der Waals surface area contributed by atoms with Crippen LogP contribution in [-0.2, 0) is 19.6 Å². The Balaban J connectivity index is 2.53. The highest BCUT2D eigenvalue weighted by molar-refractivity contribution is 7.85. The second-order valence-corrected chi connectivity index (χ2v) is 6.89. The molecule has 1 aliphatic carbocycles. The number of alkyl halides is 3. The van der Waals surface area contributed by atoms with E-state index < -0.39 is 40.5 Å². The van der Waals surface area contributed by atoms with Crippen molar-refractivity contribution in [2.24, 2.45) is 0 Å². The molecule has 2 N–H and O–H groups in total. The number of halogens is 3. The molecule has 1 unspecified atom stereocenters. The van der Waals surface area contributed by atoms with Gasteiger partial charge in [-0.05, 0) is 12.8 Å². The Morgan fingerprint density at radius 2 is 1.86 bits per heavy atom. The van der Waals surface area contributed by atoms with Crippen LogP contribution in [0.1, 0.15) is 38.5 Å². The average molecular weight is 347 g/mol. The first-order chi connectivity index (χ1) is 10.1. The van der Waals surface area contributed by atoms with Gasteiger partial charge in [-0.25, -0.2) is 0 Å². The van der Waals surface area contributed by atoms with Crippen molar-refractivity contribution < 1.29 is 35.7 Å². The zero-order valence-corrected chi connectivity index (χ0v) is 12.8. The topological polar surface area (TPSA) is 92.7 Å². The summed E-state index contributed by atoms with van der Waals surface area (Å²) in [5, 5.41) is 2.98. The van der Waals surface area contributed by atoms with E-state index in [0.29, 0.717) is 0 Å². The van der Waals surface area contributed by atoms with Gasteiger partial charge in [0.2, 0.25) is 0 Å². The summed E-state index contributed by atoms with van der Waals surface area (Å²) in [4.78, 5) is 11.2. The number of carbonyl (C=O) groups is 1. The number of hydrogen-bond acceptors (Lipinski definition) is 5. The molecule has 1 fully saturated rings. The summed E-state index contributed by atoms with van der Waals surface area (Å²) < 4.78 is 71.3. The van der Waals surface area contributed by atoms with Crippen LogP contribution in [0.5, 0.6) is 0 Å². The minimum atomic E-state index is -4.73. The first-order valence-corrected chi connectivity index (χ1v) is 8.61. The van der Waals surface area contributed by atoms with Gasteiger partial charge in [0, 0.05) is 12.6 Å². The number of esters is 1. The maximum atomic E-state index is 12.1. The molecule has 1 rings (SSSR count). The van der Waals surface area contributed by atoms with Gasteiger partial charge in [0.05, 0.1) is 0 Å². The summed E-state index contributed by atoms with van der Waals surface area (Å²) in [6, 6.07) is 0.110. The van der Waals surface area contributed by atoms with Crippen molar-refractivity contribution in [2.45, 2.75) is 56.8 Å². The fourth-order valence-electron chi connectivity index (χ4n) is 2.37. The zero-order chi connectivity index (χ0) is 16.8. The summed E-state index contributed by atoms with van der Waals surface area (Å²) in [6.45, 7) is -0.117. The Bertz CT molecular complexity index is 460. The van der Waals surface area contributed by atoms with Crippen molar-refractivity contribution in [2.75, 3.05) is 12.3 Å². The molecule has 22 heavy (non-hydrogen) atoms. The van der Waals surface area contributed by atoms with Crippen molar-refractivity contribution in [1.82, 2.24) is 5.32 Å². The number of nitrogens with one attached hydrogen (secondary N) is 1. The molecule has 0 spiro atoms. The maximum absolute atomic E-state index is 12.1. The fraction of sp³-hybridized carbons (Fsp3) is 0.917. The fourth-order valence-corrected chi connectivity index (χ4v) is 3.02. The number of hydrogen-bond donors (Lipinski definition) is 2. The van der Waals surface area contributed by atoms with Crippen LogP contribution in [0.25, 0.3) is 0 Å². The Morgan fingerprint density at radius 3 is 2.36 bits per heavy atom. The van der Waals surface area contributed by atoms with Gasteiger partial charge < -0.3 is 10.1 Å². The standard InChI is InChI=1S/C12H20F3NO5S/c13-12(14,15)6-11(17)21-10(8-22(18,19)20)7-16-9-4-2-1-3-5-9/h9-10,16H,1-8H2,(H,18,19,20). The third-order valence-corrected chi connectivity index (χ3v) is 4.07. The number of carbonyl (C=O) groups excluding carboxylic acids is 1. The highest BCUT2D eigenvalue weighted by Crippen LogP contribution is 2.21. The van der Waals surface area contributed by atoms with Crippen molar-refractivity contribution in [1.29, 1.82) is 0 Å². The Labute approximate surface area is 127 Å². The molecular weight excluding hydrogens is 327 g/mol. The third-order valence-electron chi connectivity index (χ3n) is 3.28. The molecule has 0 heterocycles. The van der Waals surface area contributed by atoms with Crippen LogP contribution in [0, 0.1) is 0 Å².